The zero-order valence-electron chi connectivity index (χ0n) is 9.29. The van der Waals surface area contributed by atoms with Gasteiger partial charge >= 0.3 is 0 Å². The summed E-state index contributed by atoms with van der Waals surface area (Å²) in [5, 5.41) is 0. The summed E-state index contributed by atoms with van der Waals surface area (Å²) in [5.41, 5.74) is 0.548. The summed E-state index contributed by atoms with van der Waals surface area (Å²) >= 11 is 0. The van der Waals surface area contributed by atoms with Gasteiger partial charge in [-0.15, -0.1) is 0 Å². The molecule has 2 fully saturated rings. The van der Waals surface area contributed by atoms with Gasteiger partial charge in [0.1, 0.15) is 5.82 Å². The van der Waals surface area contributed by atoms with Crippen LogP contribution in [0, 0.1) is 29.5 Å². The van der Waals surface area contributed by atoms with Crippen LogP contribution < -0.4 is 0 Å². The number of hydrogen-bond donors (Lipinski definition) is 0. The third-order valence-corrected chi connectivity index (χ3v) is 4.40. The lowest BCUT2D eigenvalue weighted by Gasteiger charge is -2.27. The Morgan fingerprint density at radius 3 is 2.75 bits per heavy atom. The molecule has 2 bridgehead atoms. The minimum absolute atomic E-state index is 0.214. The third kappa shape index (κ3) is 1.45. The molecule has 2 aliphatic rings. The fourth-order valence-corrected chi connectivity index (χ4v) is 3.77. The second-order valence-corrected chi connectivity index (χ2v) is 5.35. The lowest BCUT2D eigenvalue weighted by molar-refractivity contribution is 0.310. The van der Waals surface area contributed by atoms with Crippen LogP contribution in [0.25, 0.3) is 0 Å². The van der Waals surface area contributed by atoms with E-state index in [1.165, 1.54) is 18.9 Å². The van der Waals surface area contributed by atoms with Gasteiger partial charge in [0.2, 0.25) is 5.95 Å². The Hall–Kier alpha value is -0.990. The number of fused-ring (bicyclic) bond motifs is 2. The van der Waals surface area contributed by atoms with Gasteiger partial charge < -0.3 is 0 Å². The highest BCUT2D eigenvalue weighted by molar-refractivity contribution is 5.23. The number of aromatic nitrogens is 1. The molecule has 86 valence electrons. The van der Waals surface area contributed by atoms with Crippen LogP contribution in [0.1, 0.15) is 37.7 Å². The van der Waals surface area contributed by atoms with Crippen molar-refractivity contribution in [1.29, 1.82) is 0 Å². The van der Waals surface area contributed by atoms with E-state index >= 15 is 0 Å². The van der Waals surface area contributed by atoms with Gasteiger partial charge in [-0.2, -0.15) is 4.39 Å². The first kappa shape index (κ1) is 10.2. The van der Waals surface area contributed by atoms with Gasteiger partial charge in [-0.3, -0.25) is 0 Å². The molecular weight excluding hydrogens is 208 g/mol. The molecule has 2 saturated carbocycles. The van der Waals surface area contributed by atoms with Crippen LogP contribution in [-0.4, -0.2) is 4.98 Å². The molecule has 4 unspecified atom stereocenters. The minimum atomic E-state index is -0.563. The SMILES string of the molecule is CC1CC2CC(c3cc(F)ncc3F)C1C2. The largest absolute Gasteiger partial charge is 0.225 e. The fraction of sp³-hybridized carbons (Fsp3) is 0.615. The summed E-state index contributed by atoms with van der Waals surface area (Å²) in [6.07, 6.45) is 4.49. The van der Waals surface area contributed by atoms with Crippen molar-refractivity contribution in [3.8, 4) is 0 Å². The summed E-state index contributed by atoms with van der Waals surface area (Å²) in [5.74, 6) is 1.23. The molecule has 0 radical (unpaired) electrons. The Labute approximate surface area is 93.9 Å². The Balaban J connectivity index is 1.96. The number of hydrogen-bond acceptors (Lipinski definition) is 1. The fourth-order valence-electron chi connectivity index (χ4n) is 3.77. The zero-order chi connectivity index (χ0) is 11.3. The van der Waals surface area contributed by atoms with Crippen molar-refractivity contribution in [2.75, 3.05) is 0 Å². The molecule has 0 saturated heterocycles. The maximum atomic E-state index is 13.6. The highest BCUT2D eigenvalue weighted by Gasteiger charge is 2.45. The number of halogens is 2. The second kappa shape index (κ2) is 3.51. The Morgan fingerprint density at radius 2 is 2.06 bits per heavy atom. The molecule has 1 heterocycles. The van der Waals surface area contributed by atoms with Crippen LogP contribution in [-0.2, 0) is 0 Å². The molecule has 2 aliphatic carbocycles. The summed E-state index contributed by atoms with van der Waals surface area (Å²) in [4.78, 5) is 3.35. The molecule has 0 spiro atoms. The number of rotatable bonds is 1. The van der Waals surface area contributed by atoms with E-state index in [2.05, 4.69) is 11.9 Å². The van der Waals surface area contributed by atoms with Crippen LogP contribution in [0.15, 0.2) is 12.3 Å². The smallest absolute Gasteiger partial charge is 0.213 e. The second-order valence-electron chi connectivity index (χ2n) is 5.35. The van der Waals surface area contributed by atoms with E-state index in [1.54, 1.807) is 0 Å². The summed E-state index contributed by atoms with van der Waals surface area (Å²) < 4.78 is 26.7. The first-order chi connectivity index (χ1) is 7.65. The van der Waals surface area contributed by atoms with E-state index in [4.69, 9.17) is 0 Å². The highest BCUT2D eigenvalue weighted by Crippen LogP contribution is 2.55. The quantitative estimate of drug-likeness (QED) is 0.664. The van der Waals surface area contributed by atoms with Crippen LogP contribution in [0.5, 0.6) is 0 Å². The summed E-state index contributed by atoms with van der Waals surface area (Å²) in [6, 6.07) is 1.29. The van der Waals surface area contributed by atoms with E-state index in [0.29, 0.717) is 17.4 Å². The van der Waals surface area contributed by atoms with Gasteiger partial charge in [-0.1, -0.05) is 6.92 Å². The van der Waals surface area contributed by atoms with Crippen molar-refractivity contribution in [1.82, 2.24) is 4.98 Å². The molecule has 16 heavy (non-hydrogen) atoms. The van der Waals surface area contributed by atoms with E-state index in [-0.39, 0.29) is 11.7 Å². The summed E-state index contributed by atoms with van der Waals surface area (Å²) in [6.45, 7) is 2.23. The average molecular weight is 223 g/mol. The van der Waals surface area contributed by atoms with Crippen LogP contribution >= 0.6 is 0 Å². The zero-order valence-corrected chi connectivity index (χ0v) is 9.29. The lowest BCUT2D eigenvalue weighted by atomic mass is 9.78. The van der Waals surface area contributed by atoms with Crippen LogP contribution in [0.3, 0.4) is 0 Å². The van der Waals surface area contributed by atoms with Crippen molar-refractivity contribution in [2.45, 2.75) is 32.1 Å². The Kier molecular flexibility index (Phi) is 2.23. The molecule has 1 nitrogen and oxygen atoms in total. The predicted molar refractivity (Wildman–Crippen MR) is 56.9 cm³/mol. The van der Waals surface area contributed by atoms with Gasteiger partial charge in [-0.25, -0.2) is 9.37 Å². The van der Waals surface area contributed by atoms with Crippen molar-refractivity contribution in [3.63, 3.8) is 0 Å². The molecule has 0 aliphatic heterocycles. The van der Waals surface area contributed by atoms with Gasteiger partial charge in [0, 0.05) is 0 Å². The molecule has 0 amide bonds. The monoisotopic (exact) mass is 223 g/mol. The molecule has 1 aromatic heterocycles. The van der Waals surface area contributed by atoms with Crippen molar-refractivity contribution >= 4 is 0 Å². The molecule has 1 aromatic rings. The molecule has 0 aromatic carbocycles. The van der Waals surface area contributed by atoms with Crippen molar-refractivity contribution in [3.05, 3.63) is 29.6 Å². The van der Waals surface area contributed by atoms with Crippen LogP contribution in [0.4, 0.5) is 8.78 Å². The lowest BCUT2D eigenvalue weighted by Crippen LogP contribution is -2.17. The van der Waals surface area contributed by atoms with E-state index in [1.807, 2.05) is 0 Å². The average Bonchev–Trinajstić information content (AvgIpc) is 2.80. The molecule has 4 atom stereocenters. The van der Waals surface area contributed by atoms with Crippen LogP contribution in [0.2, 0.25) is 0 Å². The highest BCUT2D eigenvalue weighted by atomic mass is 19.1. The first-order valence-electron chi connectivity index (χ1n) is 5.96. The Morgan fingerprint density at radius 1 is 1.25 bits per heavy atom. The van der Waals surface area contributed by atoms with Gasteiger partial charge in [0.05, 0.1) is 6.20 Å². The Bertz CT molecular complexity index is 418. The molecule has 0 N–H and O–H groups in total. The predicted octanol–water partition coefficient (Wildman–Crippen LogP) is 3.51. The first-order valence-corrected chi connectivity index (χ1v) is 5.96. The van der Waals surface area contributed by atoms with E-state index in [0.717, 1.165) is 18.5 Å². The molecule has 3 rings (SSSR count). The number of pyridine rings is 1. The standard InChI is InChI=1S/C13H15F2N/c1-7-2-8-3-9(7)10(4-8)11-5-13(15)16-6-12(11)14/h5-10H,2-4H2,1H3. The maximum Gasteiger partial charge on any atom is 0.213 e. The van der Waals surface area contributed by atoms with Gasteiger partial charge in [0.25, 0.3) is 0 Å². The third-order valence-electron chi connectivity index (χ3n) is 4.40. The van der Waals surface area contributed by atoms with Crippen molar-refractivity contribution in [2.24, 2.45) is 17.8 Å². The van der Waals surface area contributed by atoms with E-state index < -0.39 is 5.95 Å². The maximum absolute atomic E-state index is 13.6. The minimum Gasteiger partial charge on any atom is -0.225 e. The topological polar surface area (TPSA) is 12.9 Å². The van der Waals surface area contributed by atoms with Gasteiger partial charge in [-0.05, 0) is 54.6 Å². The van der Waals surface area contributed by atoms with Gasteiger partial charge in [0.15, 0.2) is 0 Å². The molecular formula is C13H15F2N. The van der Waals surface area contributed by atoms with E-state index in [9.17, 15) is 8.78 Å². The number of nitrogens with zero attached hydrogens (tertiary/aromatic N) is 1. The summed E-state index contributed by atoms with van der Waals surface area (Å²) in [7, 11) is 0. The normalized spacial score (nSPS) is 36.9. The van der Waals surface area contributed by atoms with Crippen molar-refractivity contribution < 1.29 is 8.78 Å². The molecule has 3 heteroatoms.